The molecule has 30 heavy (non-hydrogen) atoms. The second kappa shape index (κ2) is 8.11. The highest BCUT2D eigenvalue weighted by atomic mass is 35.5. The quantitative estimate of drug-likeness (QED) is 0.601. The number of amides is 2. The van der Waals surface area contributed by atoms with Crippen LogP contribution in [0.25, 0.3) is 0 Å². The Morgan fingerprint density at radius 3 is 2.57 bits per heavy atom. The molecule has 162 valence electrons. The molecular formula is C20H20ClF3N2O3S. The molecule has 0 radical (unpaired) electrons. The van der Waals surface area contributed by atoms with Gasteiger partial charge in [-0.1, -0.05) is 11.6 Å². The van der Waals surface area contributed by atoms with Crippen LogP contribution in [0.1, 0.15) is 47.1 Å². The molecule has 1 aliphatic heterocycles. The number of alkyl halides is 3. The zero-order valence-electron chi connectivity index (χ0n) is 16.5. The highest BCUT2D eigenvalue weighted by Gasteiger charge is 2.34. The fourth-order valence-electron chi connectivity index (χ4n) is 3.02. The summed E-state index contributed by atoms with van der Waals surface area (Å²) in [6.45, 7) is 6.07. The monoisotopic (exact) mass is 460 g/mol. The first-order valence-corrected chi connectivity index (χ1v) is 10.4. The number of nitrogens with zero attached hydrogens (tertiary/aromatic N) is 1. The molecule has 5 nitrogen and oxygen atoms in total. The van der Waals surface area contributed by atoms with Gasteiger partial charge >= 0.3 is 12.3 Å². The number of anilines is 1. The molecule has 0 aliphatic carbocycles. The zero-order valence-corrected chi connectivity index (χ0v) is 18.1. The highest BCUT2D eigenvalue weighted by Crippen LogP contribution is 2.36. The molecule has 1 aromatic heterocycles. The van der Waals surface area contributed by atoms with Crippen LogP contribution in [0.2, 0.25) is 5.02 Å². The van der Waals surface area contributed by atoms with Gasteiger partial charge in [0.05, 0.1) is 22.7 Å². The second-order valence-electron chi connectivity index (χ2n) is 7.85. The molecule has 1 aliphatic rings. The SMILES string of the molecule is CC(C)(C)OC(=O)N1CCc2c(C(=O)Nc3ccc(Cl)c(C(F)(F)F)c3)csc2C1. The fourth-order valence-corrected chi connectivity index (χ4v) is 4.34. The molecule has 1 N–H and O–H groups in total. The number of thiophene rings is 1. The van der Waals surface area contributed by atoms with Gasteiger partial charge < -0.3 is 15.0 Å². The number of nitrogens with one attached hydrogen (secondary N) is 1. The predicted molar refractivity (Wildman–Crippen MR) is 109 cm³/mol. The van der Waals surface area contributed by atoms with E-state index in [2.05, 4.69) is 5.32 Å². The Labute approximate surface area is 180 Å². The van der Waals surface area contributed by atoms with Crippen LogP contribution >= 0.6 is 22.9 Å². The van der Waals surface area contributed by atoms with Gasteiger partial charge in [0, 0.05) is 22.5 Å². The Kier molecular flexibility index (Phi) is 6.06. The van der Waals surface area contributed by atoms with Crippen LogP contribution in [-0.4, -0.2) is 29.0 Å². The van der Waals surface area contributed by atoms with Crippen molar-refractivity contribution in [1.29, 1.82) is 0 Å². The van der Waals surface area contributed by atoms with Gasteiger partial charge in [0.15, 0.2) is 0 Å². The number of carbonyl (C=O) groups is 2. The lowest BCUT2D eigenvalue weighted by Crippen LogP contribution is -2.39. The van der Waals surface area contributed by atoms with Gasteiger partial charge in [-0.05, 0) is 51.0 Å². The molecule has 0 bridgehead atoms. The van der Waals surface area contributed by atoms with Crippen molar-refractivity contribution >= 4 is 40.6 Å². The summed E-state index contributed by atoms with van der Waals surface area (Å²) in [4.78, 5) is 27.4. The Bertz CT molecular complexity index is 983. The molecule has 3 rings (SSSR count). The van der Waals surface area contributed by atoms with Crippen molar-refractivity contribution in [1.82, 2.24) is 4.90 Å². The minimum Gasteiger partial charge on any atom is -0.444 e. The maximum Gasteiger partial charge on any atom is 0.417 e. The van der Waals surface area contributed by atoms with Gasteiger partial charge in [-0.3, -0.25) is 4.79 Å². The molecule has 10 heteroatoms. The van der Waals surface area contributed by atoms with E-state index in [1.807, 2.05) is 0 Å². The van der Waals surface area contributed by atoms with Crippen LogP contribution < -0.4 is 5.32 Å². The summed E-state index contributed by atoms with van der Waals surface area (Å²) in [7, 11) is 0. The minimum absolute atomic E-state index is 0.00265. The van der Waals surface area contributed by atoms with Crippen molar-refractivity contribution < 1.29 is 27.5 Å². The van der Waals surface area contributed by atoms with Crippen molar-refractivity contribution in [3.8, 4) is 0 Å². The van der Waals surface area contributed by atoms with Gasteiger partial charge in [0.2, 0.25) is 0 Å². The van der Waals surface area contributed by atoms with E-state index in [0.29, 0.717) is 25.1 Å². The van der Waals surface area contributed by atoms with E-state index in [4.69, 9.17) is 16.3 Å². The van der Waals surface area contributed by atoms with E-state index >= 15 is 0 Å². The van der Waals surface area contributed by atoms with Gasteiger partial charge in [0.25, 0.3) is 5.91 Å². The van der Waals surface area contributed by atoms with Crippen molar-refractivity contribution in [3.05, 3.63) is 50.2 Å². The average molecular weight is 461 g/mol. The van der Waals surface area contributed by atoms with Gasteiger partial charge in [-0.2, -0.15) is 13.2 Å². The third kappa shape index (κ3) is 5.07. The van der Waals surface area contributed by atoms with E-state index < -0.39 is 34.4 Å². The number of halogens is 4. The lowest BCUT2D eigenvalue weighted by molar-refractivity contribution is -0.137. The Morgan fingerprint density at radius 2 is 1.93 bits per heavy atom. The normalized spacial score (nSPS) is 14.3. The maximum absolute atomic E-state index is 13.0. The number of hydrogen-bond acceptors (Lipinski definition) is 4. The predicted octanol–water partition coefficient (Wildman–Crippen LogP) is 5.97. The standard InChI is InChI=1S/C20H20ClF3N2O3S/c1-19(2,3)29-18(28)26-7-6-12-13(10-30-16(12)9-26)17(27)25-11-4-5-15(21)14(8-11)20(22,23)24/h4-5,8,10H,6-7,9H2,1-3H3,(H,25,27). The van der Waals surface area contributed by atoms with Crippen molar-refractivity contribution in [2.24, 2.45) is 0 Å². The van der Waals surface area contributed by atoms with E-state index in [9.17, 15) is 22.8 Å². The first-order chi connectivity index (χ1) is 13.8. The molecule has 0 saturated heterocycles. The molecule has 2 aromatic rings. The van der Waals surface area contributed by atoms with Crippen LogP contribution in [0, 0.1) is 0 Å². The van der Waals surface area contributed by atoms with Crippen LogP contribution in [0.3, 0.4) is 0 Å². The number of rotatable bonds is 2. The van der Waals surface area contributed by atoms with Crippen LogP contribution in [0.5, 0.6) is 0 Å². The van der Waals surface area contributed by atoms with Gasteiger partial charge in [-0.25, -0.2) is 4.79 Å². The van der Waals surface area contributed by atoms with Crippen molar-refractivity contribution in [2.75, 3.05) is 11.9 Å². The third-order valence-corrected chi connectivity index (χ3v) is 5.72. The molecule has 0 unspecified atom stereocenters. The molecule has 0 saturated carbocycles. The molecule has 2 heterocycles. The minimum atomic E-state index is -4.62. The topological polar surface area (TPSA) is 58.6 Å². The molecular weight excluding hydrogens is 441 g/mol. The summed E-state index contributed by atoms with van der Waals surface area (Å²) in [5.74, 6) is -0.506. The largest absolute Gasteiger partial charge is 0.444 e. The smallest absolute Gasteiger partial charge is 0.417 e. The van der Waals surface area contributed by atoms with E-state index in [1.54, 1.807) is 31.1 Å². The number of fused-ring (bicyclic) bond motifs is 1. The Morgan fingerprint density at radius 1 is 1.23 bits per heavy atom. The van der Waals surface area contributed by atoms with Crippen LogP contribution in [0.4, 0.5) is 23.7 Å². The third-order valence-electron chi connectivity index (χ3n) is 4.37. The molecule has 2 amide bonds. The molecule has 1 aromatic carbocycles. The number of ether oxygens (including phenoxy) is 1. The van der Waals surface area contributed by atoms with E-state index in [1.165, 1.54) is 17.4 Å². The fraction of sp³-hybridized carbons (Fsp3) is 0.400. The van der Waals surface area contributed by atoms with Crippen molar-refractivity contribution in [2.45, 2.75) is 45.5 Å². The number of carbonyl (C=O) groups excluding carboxylic acids is 2. The summed E-state index contributed by atoms with van der Waals surface area (Å²) in [6, 6.07) is 3.23. The summed E-state index contributed by atoms with van der Waals surface area (Å²) < 4.78 is 44.5. The number of hydrogen-bond donors (Lipinski definition) is 1. The average Bonchev–Trinajstić information content (AvgIpc) is 3.04. The summed E-state index contributed by atoms with van der Waals surface area (Å²) in [6.07, 6.45) is -4.59. The Balaban J connectivity index is 1.74. The van der Waals surface area contributed by atoms with Crippen molar-refractivity contribution in [3.63, 3.8) is 0 Å². The highest BCUT2D eigenvalue weighted by molar-refractivity contribution is 7.10. The van der Waals surface area contributed by atoms with Gasteiger partial charge in [0.1, 0.15) is 5.60 Å². The lowest BCUT2D eigenvalue weighted by Gasteiger charge is -2.30. The first-order valence-electron chi connectivity index (χ1n) is 9.10. The van der Waals surface area contributed by atoms with E-state index in [-0.39, 0.29) is 5.69 Å². The second-order valence-corrected chi connectivity index (χ2v) is 9.22. The van der Waals surface area contributed by atoms with E-state index in [0.717, 1.165) is 22.6 Å². The van der Waals surface area contributed by atoms with Crippen LogP contribution in [0.15, 0.2) is 23.6 Å². The lowest BCUT2D eigenvalue weighted by atomic mass is 10.0. The molecule has 0 atom stereocenters. The van der Waals surface area contributed by atoms with Crippen LogP contribution in [-0.2, 0) is 23.9 Å². The van der Waals surface area contributed by atoms with Gasteiger partial charge in [-0.15, -0.1) is 11.3 Å². The molecule has 0 spiro atoms. The number of benzene rings is 1. The first kappa shape index (κ1) is 22.4. The maximum atomic E-state index is 13.0. The summed E-state index contributed by atoms with van der Waals surface area (Å²) in [5, 5.41) is 3.72. The Hall–Kier alpha value is -2.26. The summed E-state index contributed by atoms with van der Waals surface area (Å²) >= 11 is 6.95. The molecule has 0 fully saturated rings. The summed E-state index contributed by atoms with van der Waals surface area (Å²) in [5.41, 5.74) is -0.430. The zero-order chi connectivity index (χ0) is 22.3.